The second-order valence-electron chi connectivity index (χ2n) is 4.48. The summed E-state index contributed by atoms with van der Waals surface area (Å²) in [5.41, 5.74) is 2.18. The Morgan fingerprint density at radius 1 is 1.10 bits per heavy atom. The molecule has 0 aliphatic rings. The van der Waals surface area contributed by atoms with Gasteiger partial charge in [-0.3, -0.25) is 0 Å². The van der Waals surface area contributed by atoms with Gasteiger partial charge in [-0.1, -0.05) is 11.8 Å². The summed E-state index contributed by atoms with van der Waals surface area (Å²) < 4.78 is 31.8. The van der Waals surface area contributed by atoms with Crippen LogP contribution in [0, 0.1) is 30.4 Å². The van der Waals surface area contributed by atoms with Gasteiger partial charge in [0, 0.05) is 11.6 Å². The Balaban J connectivity index is 2.09. The largest absolute Gasteiger partial charge is 0.489 e. The molecule has 2 aromatic rings. The van der Waals surface area contributed by atoms with E-state index in [-0.39, 0.29) is 12.5 Å². The molecule has 1 nitrogen and oxygen atoms in total. The number of aryl methyl sites for hydroxylation is 1. The van der Waals surface area contributed by atoms with E-state index < -0.39 is 11.6 Å². The Kier molecular flexibility index (Phi) is 5.19. The summed E-state index contributed by atoms with van der Waals surface area (Å²) in [6.07, 6.45) is 0. The Morgan fingerprint density at radius 3 is 2.43 bits per heavy atom. The van der Waals surface area contributed by atoms with Crippen molar-refractivity contribution in [2.24, 2.45) is 0 Å². The van der Waals surface area contributed by atoms with Crippen LogP contribution in [0.15, 0.2) is 36.4 Å². The molecule has 0 saturated carbocycles. The van der Waals surface area contributed by atoms with Crippen molar-refractivity contribution in [3.8, 4) is 17.6 Å². The Bertz CT molecular complexity index is 681. The molecular formula is C17H13ClF2O. The first-order chi connectivity index (χ1) is 10.1. The zero-order valence-electron chi connectivity index (χ0n) is 11.4. The lowest BCUT2D eigenvalue weighted by molar-refractivity contribution is 0.302. The third-order valence-electron chi connectivity index (χ3n) is 2.79. The van der Waals surface area contributed by atoms with Crippen molar-refractivity contribution in [3.63, 3.8) is 0 Å². The number of ether oxygens (including phenoxy) is 1. The van der Waals surface area contributed by atoms with Crippen molar-refractivity contribution in [2.75, 3.05) is 5.88 Å². The molecule has 0 aromatic heterocycles. The summed E-state index contributed by atoms with van der Waals surface area (Å²) >= 11 is 5.51. The molecule has 108 valence electrons. The van der Waals surface area contributed by atoms with Gasteiger partial charge < -0.3 is 4.74 Å². The van der Waals surface area contributed by atoms with Crippen LogP contribution in [-0.4, -0.2) is 5.88 Å². The van der Waals surface area contributed by atoms with Gasteiger partial charge in [0.15, 0.2) is 0 Å². The van der Waals surface area contributed by atoms with Crippen LogP contribution in [0.4, 0.5) is 8.78 Å². The van der Waals surface area contributed by atoms with Crippen LogP contribution in [0.5, 0.6) is 5.75 Å². The summed E-state index contributed by atoms with van der Waals surface area (Å²) in [6, 6.07) is 8.80. The normalized spacial score (nSPS) is 9.90. The molecule has 0 saturated heterocycles. The van der Waals surface area contributed by atoms with E-state index in [0.717, 1.165) is 17.2 Å². The van der Waals surface area contributed by atoms with Gasteiger partial charge in [-0.2, -0.15) is 0 Å². The summed E-state index contributed by atoms with van der Waals surface area (Å²) in [6.45, 7) is 1.98. The second kappa shape index (κ2) is 7.10. The lowest BCUT2D eigenvalue weighted by Crippen LogP contribution is -1.98. The molecule has 0 fully saturated rings. The maximum Gasteiger partial charge on any atom is 0.126 e. The first kappa shape index (κ1) is 15.3. The van der Waals surface area contributed by atoms with Crippen LogP contribution in [0.25, 0.3) is 0 Å². The maximum atomic E-state index is 13.1. The Morgan fingerprint density at radius 2 is 1.81 bits per heavy atom. The smallest absolute Gasteiger partial charge is 0.126 e. The molecule has 0 aliphatic heterocycles. The first-order valence-electron chi connectivity index (χ1n) is 6.32. The molecule has 0 N–H and O–H groups in total. The van der Waals surface area contributed by atoms with E-state index in [1.807, 2.05) is 19.1 Å². The zero-order valence-corrected chi connectivity index (χ0v) is 12.2. The van der Waals surface area contributed by atoms with Crippen molar-refractivity contribution in [3.05, 3.63) is 64.7 Å². The highest BCUT2D eigenvalue weighted by atomic mass is 35.5. The van der Waals surface area contributed by atoms with Crippen molar-refractivity contribution in [2.45, 2.75) is 13.5 Å². The number of hydrogen-bond acceptors (Lipinski definition) is 1. The second-order valence-corrected chi connectivity index (χ2v) is 4.75. The summed E-state index contributed by atoms with van der Waals surface area (Å²) in [5, 5.41) is 0. The SMILES string of the molecule is Cc1cc(C#CCCl)ccc1OCc1cc(F)cc(F)c1. The van der Waals surface area contributed by atoms with E-state index in [4.69, 9.17) is 16.3 Å². The molecule has 2 aromatic carbocycles. The lowest BCUT2D eigenvalue weighted by atomic mass is 10.1. The van der Waals surface area contributed by atoms with Crippen LogP contribution in [0.3, 0.4) is 0 Å². The van der Waals surface area contributed by atoms with Crippen LogP contribution in [0.2, 0.25) is 0 Å². The summed E-state index contributed by atoms with van der Waals surface area (Å²) in [7, 11) is 0. The lowest BCUT2D eigenvalue weighted by Gasteiger charge is -2.09. The van der Waals surface area contributed by atoms with Gasteiger partial charge in [-0.15, -0.1) is 11.6 Å². The predicted octanol–water partition coefficient (Wildman–Crippen LogP) is 4.44. The van der Waals surface area contributed by atoms with E-state index in [1.165, 1.54) is 12.1 Å². The number of rotatable bonds is 3. The monoisotopic (exact) mass is 306 g/mol. The van der Waals surface area contributed by atoms with Crippen molar-refractivity contribution < 1.29 is 13.5 Å². The highest BCUT2D eigenvalue weighted by molar-refractivity contribution is 6.19. The van der Waals surface area contributed by atoms with E-state index in [2.05, 4.69) is 11.8 Å². The minimum atomic E-state index is -0.614. The predicted molar refractivity (Wildman–Crippen MR) is 79.5 cm³/mol. The van der Waals surface area contributed by atoms with Gasteiger partial charge in [0.1, 0.15) is 24.0 Å². The van der Waals surface area contributed by atoms with E-state index >= 15 is 0 Å². The molecule has 0 unspecified atom stereocenters. The van der Waals surface area contributed by atoms with Crippen molar-refractivity contribution in [1.82, 2.24) is 0 Å². The number of alkyl halides is 1. The van der Waals surface area contributed by atoms with Gasteiger partial charge in [-0.25, -0.2) is 8.78 Å². The Hall–Kier alpha value is -2.05. The molecule has 0 spiro atoms. The fourth-order valence-electron chi connectivity index (χ4n) is 1.88. The average Bonchev–Trinajstić information content (AvgIpc) is 2.43. The van der Waals surface area contributed by atoms with Gasteiger partial charge in [0.05, 0.1) is 5.88 Å². The minimum absolute atomic E-state index is 0.0994. The van der Waals surface area contributed by atoms with Crippen LogP contribution >= 0.6 is 11.6 Å². The van der Waals surface area contributed by atoms with Crippen molar-refractivity contribution >= 4 is 11.6 Å². The third kappa shape index (κ3) is 4.47. The molecule has 0 bridgehead atoms. The van der Waals surface area contributed by atoms with E-state index in [9.17, 15) is 8.78 Å². The molecule has 0 amide bonds. The van der Waals surface area contributed by atoms with Gasteiger partial charge >= 0.3 is 0 Å². The van der Waals surface area contributed by atoms with Gasteiger partial charge in [0.25, 0.3) is 0 Å². The standard InChI is InChI=1S/C17H13ClF2O/c1-12-7-13(3-2-6-18)4-5-17(12)21-11-14-8-15(19)10-16(20)9-14/h4-5,7-10H,6,11H2,1H3. The fraction of sp³-hybridized carbons (Fsp3) is 0.176. The summed E-state index contributed by atoms with van der Waals surface area (Å²) in [5.74, 6) is 5.39. The van der Waals surface area contributed by atoms with Crippen LogP contribution in [-0.2, 0) is 6.61 Å². The van der Waals surface area contributed by atoms with Crippen LogP contribution in [0.1, 0.15) is 16.7 Å². The highest BCUT2D eigenvalue weighted by Gasteiger charge is 2.04. The molecule has 0 heterocycles. The minimum Gasteiger partial charge on any atom is -0.489 e. The maximum absolute atomic E-state index is 13.1. The quantitative estimate of drug-likeness (QED) is 0.601. The Labute approximate surface area is 127 Å². The van der Waals surface area contributed by atoms with Gasteiger partial charge in [0.2, 0.25) is 0 Å². The molecule has 0 radical (unpaired) electrons. The molecule has 0 atom stereocenters. The van der Waals surface area contributed by atoms with Crippen molar-refractivity contribution in [1.29, 1.82) is 0 Å². The molecular weight excluding hydrogens is 294 g/mol. The van der Waals surface area contributed by atoms with Gasteiger partial charge in [-0.05, 0) is 48.4 Å². The number of halogens is 3. The van der Waals surface area contributed by atoms with Crippen LogP contribution < -0.4 is 4.74 Å². The molecule has 0 aliphatic carbocycles. The molecule has 4 heteroatoms. The topological polar surface area (TPSA) is 9.23 Å². The number of hydrogen-bond donors (Lipinski definition) is 0. The number of benzene rings is 2. The summed E-state index contributed by atoms with van der Waals surface area (Å²) in [4.78, 5) is 0. The zero-order chi connectivity index (χ0) is 15.2. The average molecular weight is 307 g/mol. The highest BCUT2D eigenvalue weighted by Crippen LogP contribution is 2.20. The fourth-order valence-corrected chi connectivity index (χ4v) is 1.95. The first-order valence-corrected chi connectivity index (χ1v) is 6.85. The molecule has 2 rings (SSSR count). The van der Waals surface area contributed by atoms with E-state index in [0.29, 0.717) is 11.3 Å². The molecule has 21 heavy (non-hydrogen) atoms. The van der Waals surface area contributed by atoms with E-state index in [1.54, 1.807) is 6.07 Å². The third-order valence-corrected chi connectivity index (χ3v) is 2.92.